The molecule has 0 saturated heterocycles. The number of aliphatic hydroxyl groups excluding tert-OH is 1. The van der Waals surface area contributed by atoms with Crippen LogP contribution in [-0.4, -0.2) is 69.3 Å². The molecule has 34 heavy (non-hydrogen) atoms. The molecule has 5 atom stereocenters. The molecule has 0 aliphatic carbocycles. The van der Waals surface area contributed by atoms with Crippen molar-refractivity contribution in [3.63, 3.8) is 0 Å². The lowest BCUT2D eigenvalue weighted by molar-refractivity contribution is -0.145. The molecule has 0 spiro atoms. The van der Waals surface area contributed by atoms with Gasteiger partial charge < -0.3 is 37.0 Å². The van der Waals surface area contributed by atoms with Gasteiger partial charge in [0.05, 0.1) is 12.1 Å². The molecule has 8 N–H and O–H groups in total. The van der Waals surface area contributed by atoms with Gasteiger partial charge in [0, 0.05) is 0 Å². The normalized spacial score (nSPS) is 15.7. The van der Waals surface area contributed by atoms with Crippen LogP contribution in [-0.2, 0) is 25.6 Å². The fourth-order valence-electron chi connectivity index (χ4n) is 3.18. The number of phenolic OH excluding ortho intramolecular Hbond substituents is 1. The van der Waals surface area contributed by atoms with Crippen LogP contribution in [0.3, 0.4) is 0 Å². The maximum Gasteiger partial charge on any atom is 0.328 e. The molecular weight excluding hydrogens is 444 g/mol. The van der Waals surface area contributed by atoms with Gasteiger partial charge in [0.15, 0.2) is 6.04 Å². The highest BCUT2D eigenvalue weighted by molar-refractivity contribution is 5.94. The van der Waals surface area contributed by atoms with Gasteiger partial charge in [0.2, 0.25) is 17.7 Å². The number of carbonyl (C=O) groups is 4. The van der Waals surface area contributed by atoms with Crippen LogP contribution in [0.2, 0.25) is 0 Å². The van der Waals surface area contributed by atoms with Crippen LogP contribution in [0.4, 0.5) is 0 Å². The van der Waals surface area contributed by atoms with Gasteiger partial charge in [-0.3, -0.25) is 14.4 Å². The molecule has 1 rings (SSSR count). The Labute approximate surface area is 199 Å². The van der Waals surface area contributed by atoms with E-state index < -0.39 is 59.9 Å². The minimum atomic E-state index is -1.54. The van der Waals surface area contributed by atoms with Gasteiger partial charge in [-0.15, -0.1) is 0 Å². The van der Waals surface area contributed by atoms with Crippen LogP contribution < -0.4 is 21.7 Å². The Morgan fingerprint density at radius 1 is 0.794 bits per heavy atom. The summed E-state index contributed by atoms with van der Waals surface area (Å²) in [5, 5.41) is 35.6. The van der Waals surface area contributed by atoms with E-state index in [1.54, 1.807) is 39.8 Å². The number of hydrogen-bond acceptors (Lipinski definition) is 7. The largest absolute Gasteiger partial charge is 0.508 e. The van der Waals surface area contributed by atoms with Crippen LogP contribution in [0.1, 0.15) is 40.2 Å². The van der Waals surface area contributed by atoms with E-state index in [-0.39, 0.29) is 18.1 Å². The van der Waals surface area contributed by atoms with Crippen molar-refractivity contribution >= 4 is 23.7 Å². The van der Waals surface area contributed by atoms with Crippen LogP contribution in [0.25, 0.3) is 0 Å². The number of nitrogens with one attached hydrogen (secondary N) is 3. The van der Waals surface area contributed by atoms with E-state index in [9.17, 15) is 34.5 Å². The Balaban J connectivity index is 2.89. The summed E-state index contributed by atoms with van der Waals surface area (Å²) in [6, 6.07) is 1.64. The van der Waals surface area contributed by atoms with Gasteiger partial charge in [0.25, 0.3) is 0 Å². The molecule has 11 heteroatoms. The summed E-state index contributed by atoms with van der Waals surface area (Å²) in [6.45, 7) is 7.99. The van der Waals surface area contributed by atoms with Gasteiger partial charge in [-0.2, -0.15) is 0 Å². The second-order valence-electron chi connectivity index (χ2n) is 9.00. The molecule has 0 heterocycles. The van der Waals surface area contributed by atoms with Gasteiger partial charge in [-0.1, -0.05) is 39.8 Å². The Morgan fingerprint density at radius 2 is 1.21 bits per heavy atom. The maximum atomic E-state index is 13.0. The Bertz CT molecular complexity index is 855. The summed E-state index contributed by atoms with van der Waals surface area (Å²) >= 11 is 0. The third-order valence-electron chi connectivity index (χ3n) is 5.27. The Kier molecular flexibility index (Phi) is 10.9. The van der Waals surface area contributed by atoms with Crippen molar-refractivity contribution in [1.82, 2.24) is 16.0 Å². The highest BCUT2D eigenvalue weighted by Gasteiger charge is 2.34. The molecule has 0 aliphatic heterocycles. The number of aliphatic carboxylic acids is 1. The first-order valence-electron chi connectivity index (χ1n) is 11.1. The molecular formula is C23H36N4O7. The summed E-state index contributed by atoms with van der Waals surface area (Å²) < 4.78 is 0. The molecule has 3 amide bonds. The van der Waals surface area contributed by atoms with Crippen molar-refractivity contribution in [3.05, 3.63) is 29.8 Å². The number of carboxylic acid groups (broad SMARTS) is 1. The van der Waals surface area contributed by atoms with E-state index in [1.165, 1.54) is 19.1 Å². The SMILES string of the molecule is CC(C)C(NC(=O)C(N)Cc1ccc(O)cc1)C(=O)NC(C(=O)NC(C(=O)O)C(C)O)C(C)C. The zero-order valence-electron chi connectivity index (χ0n) is 20.1. The number of carboxylic acids is 1. The number of phenols is 1. The molecule has 0 saturated carbocycles. The number of aromatic hydroxyl groups is 1. The lowest BCUT2D eigenvalue weighted by Gasteiger charge is -2.29. The molecule has 0 radical (unpaired) electrons. The summed E-state index contributed by atoms with van der Waals surface area (Å²) in [4.78, 5) is 49.6. The highest BCUT2D eigenvalue weighted by Crippen LogP contribution is 2.12. The predicted molar refractivity (Wildman–Crippen MR) is 125 cm³/mol. The van der Waals surface area contributed by atoms with Gasteiger partial charge in [0.1, 0.15) is 17.8 Å². The summed E-state index contributed by atoms with van der Waals surface area (Å²) in [5.41, 5.74) is 6.73. The monoisotopic (exact) mass is 480 g/mol. The van der Waals surface area contributed by atoms with E-state index in [0.717, 1.165) is 5.56 Å². The van der Waals surface area contributed by atoms with Crippen molar-refractivity contribution in [1.29, 1.82) is 0 Å². The zero-order chi connectivity index (χ0) is 26.2. The van der Waals surface area contributed by atoms with Crippen LogP contribution >= 0.6 is 0 Å². The summed E-state index contributed by atoms with van der Waals surface area (Å²) in [7, 11) is 0. The van der Waals surface area contributed by atoms with Crippen LogP contribution in [0.15, 0.2) is 24.3 Å². The van der Waals surface area contributed by atoms with Crippen molar-refractivity contribution in [2.75, 3.05) is 0 Å². The average Bonchev–Trinajstić information content (AvgIpc) is 2.74. The molecule has 5 unspecified atom stereocenters. The van der Waals surface area contributed by atoms with E-state index in [1.807, 2.05) is 0 Å². The first-order valence-corrected chi connectivity index (χ1v) is 11.1. The second-order valence-corrected chi connectivity index (χ2v) is 9.00. The summed E-state index contributed by atoms with van der Waals surface area (Å²) in [6.07, 6.45) is -1.16. The topological polar surface area (TPSA) is 191 Å². The number of amides is 3. The number of hydrogen-bond donors (Lipinski definition) is 7. The van der Waals surface area contributed by atoms with Crippen molar-refractivity contribution in [2.45, 2.75) is 71.3 Å². The number of aliphatic hydroxyl groups is 1. The smallest absolute Gasteiger partial charge is 0.328 e. The number of benzene rings is 1. The minimum Gasteiger partial charge on any atom is -0.508 e. The van der Waals surface area contributed by atoms with E-state index in [4.69, 9.17) is 5.73 Å². The van der Waals surface area contributed by atoms with Crippen molar-refractivity contribution in [3.8, 4) is 5.75 Å². The van der Waals surface area contributed by atoms with E-state index in [2.05, 4.69) is 16.0 Å². The summed E-state index contributed by atoms with van der Waals surface area (Å²) in [5.74, 6) is -4.03. The average molecular weight is 481 g/mol. The zero-order valence-corrected chi connectivity index (χ0v) is 20.1. The van der Waals surface area contributed by atoms with Gasteiger partial charge in [-0.25, -0.2) is 4.79 Å². The lowest BCUT2D eigenvalue weighted by Crippen LogP contribution is -2.60. The fourth-order valence-corrected chi connectivity index (χ4v) is 3.18. The first-order chi connectivity index (χ1) is 15.7. The Hall–Kier alpha value is -3.18. The first kappa shape index (κ1) is 28.9. The molecule has 11 nitrogen and oxygen atoms in total. The van der Waals surface area contributed by atoms with Crippen molar-refractivity contribution in [2.24, 2.45) is 17.6 Å². The fraction of sp³-hybridized carbons (Fsp3) is 0.565. The highest BCUT2D eigenvalue weighted by atomic mass is 16.4. The lowest BCUT2D eigenvalue weighted by atomic mass is 9.98. The van der Waals surface area contributed by atoms with E-state index >= 15 is 0 Å². The minimum absolute atomic E-state index is 0.0881. The predicted octanol–water partition coefficient (Wildman–Crippen LogP) is -0.506. The molecule has 0 aliphatic rings. The quantitative estimate of drug-likeness (QED) is 0.208. The standard InChI is InChI=1S/C23H36N4O7/c1-11(2)17(25-20(30)16(24)10-14-6-8-15(29)9-7-14)21(31)26-18(12(3)4)22(32)27-19(13(5)28)23(33)34/h6-9,11-13,16-19,28-29H,10,24H2,1-5H3,(H,25,30)(H,26,31)(H,27,32)(H,33,34). The molecule has 0 fully saturated rings. The van der Waals surface area contributed by atoms with Crippen LogP contribution in [0.5, 0.6) is 5.75 Å². The number of carbonyl (C=O) groups excluding carboxylic acids is 3. The third kappa shape index (κ3) is 8.64. The van der Waals surface area contributed by atoms with E-state index in [0.29, 0.717) is 0 Å². The maximum absolute atomic E-state index is 13.0. The molecule has 190 valence electrons. The number of rotatable bonds is 12. The molecule has 0 bridgehead atoms. The number of nitrogens with two attached hydrogens (primary N) is 1. The van der Waals surface area contributed by atoms with Gasteiger partial charge >= 0.3 is 5.97 Å². The van der Waals surface area contributed by atoms with Crippen molar-refractivity contribution < 1.29 is 34.5 Å². The Morgan fingerprint density at radius 3 is 1.59 bits per heavy atom. The van der Waals surface area contributed by atoms with Gasteiger partial charge in [-0.05, 0) is 42.9 Å². The molecule has 0 aromatic heterocycles. The molecule has 1 aromatic carbocycles. The van der Waals surface area contributed by atoms with Crippen LogP contribution in [0, 0.1) is 11.8 Å². The molecule has 1 aromatic rings. The third-order valence-corrected chi connectivity index (χ3v) is 5.27. The second kappa shape index (κ2) is 12.9.